The average Bonchev–Trinajstić information content (AvgIpc) is 3.24. The SMILES string of the molecule is COc1cccc(F)c1CNc1ccc(-c2cnn(C3CC3)c2)c2nncn12. The van der Waals surface area contributed by atoms with Crippen LogP contribution in [0.2, 0.25) is 0 Å². The van der Waals surface area contributed by atoms with Crippen molar-refractivity contribution < 1.29 is 9.13 Å². The third-order valence-electron chi connectivity index (χ3n) is 5.03. The summed E-state index contributed by atoms with van der Waals surface area (Å²) in [5, 5.41) is 16.0. The number of methoxy groups -OCH3 is 1. The quantitative estimate of drug-likeness (QED) is 0.554. The lowest BCUT2D eigenvalue weighted by molar-refractivity contribution is 0.405. The van der Waals surface area contributed by atoms with Gasteiger partial charge in [-0.05, 0) is 37.1 Å². The predicted molar refractivity (Wildman–Crippen MR) is 103 cm³/mol. The van der Waals surface area contributed by atoms with Crippen LogP contribution in [-0.4, -0.2) is 31.5 Å². The monoisotopic (exact) mass is 378 g/mol. The number of benzene rings is 1. The number of anilines is 1. The van der Waals surface area contributed by atoms with Crippen LogP contribution in [-0.2, 0) is 6.54 Å². The molecule has 142 valence electrons. The van der Waals surface area contributed by atoms with Crippen molar-refractivity contribution in [1.82, 2.24) is 24.4 Å². The van der Waals surface area contributed by atoms with E-state index < -0.39 is 0 Å². The fourth-order valence-electron chi connectivity index (χ4n) is 3.38. The maximum absolute atomic E-state index is 14.2. The molecule has 0 atom stereocenters. The highest BCUT2D eigenvalue weighted by atomic mass is 19.1. The summed E-state index contributed by atoms with van der Waals surface area (Å²) in [4.78, 5) is 0. The normalized spacial score (nSPS) is 13.8. The number of halogens is 1. The Morgan fingerprint density at radius 2 is 2.14 bits per heavy atom. The number of hydrogen-bond donors (Lipinski definition) is 1. The third-order valence-corrected chi connectivity index (χ3v) is 5.03. The first-order valence-corrected chi connectivity index (χ1v) is 9.17. The molecule has 4 aromatic rings. The molecule has 3 heterocycles. The van der Waals surface area contributed by atoms with Gasteiger partial charge in [-0.15, -0.1) is 10.2 Å². The zero-order valence-electron chi connectivity index (χ0n) is 15.3. The molecule has 1 fully saturated rings. The number of pyridine rings is 1. The van der Waals surface area contributed by atoms with E-state index in [1.807, 2.05) is 27.4 Å². The Kier molecular flexibility index (Phi) is 3.96. The van der Waals surface area contributed by atoms with Gasteiger partial charge in [0.1, 0.15) is 23.7 Å². The molecule has 1 aliphatic carbocycles. The Morgan fingerprint density at radius 1 is 1.25 bits per heavy atom. The number of aromatic nitrogens is 5. The summed E-state index contributed by atoms with van der Waals surface area (Å²) in [5.41, 5.74) is 3.16. The van der Waals surface area contributed by atoms with Crippen LogP contribution in [0.5, 0.6) is 5.75 Å². The standard InChI is InChI=1S/C20H19FN6O/c1-28-18-4-2-3-17(21)16(18)10-22-19-8-7-15(20-25-23-12-26(19)20)13-9-24-27(11-13)14-5-6-14/h2-4,7-9,11-12,14,22H,5-6,10H2,1H3. The number of ether oxygens (including phenoxy) is 1. The van der Waals surface area contributed by atoms with Crippen molar-refractivity contribution in [3.8, 4) is 16.9 Å². The van der Waals surface area contributed by atoms with E-state index in [9.17, 15) is 4.39 Å². The molecule has 0 radical (unpaired) electrons. The van der Waals surface area contributed by atoms with Gasteiger partial charge in [-0.2, -0.15) is 5.10 Å². The summed E-state index contributed by atoms with van der Waals surface area (Å²) < 4.78 is 23.3. The van der Waals surface area contributed by atoms with Crippen molar-refractivity contribution in [3.05, 3.63) is 60.4 Å². The minimum atomic E-state index is -0.309. The van der Waals surface area contributed by atoms with Gasteiger partial charge in [0.05, 0.1) is 19.3 Å². The van der Waals surface area contributed by atoms with E-state index in [-0.39, 0.29) is 12.4 Å². The Hall–Kier alpha value is -3.42. The van der Waals surface area contributed by atoms with Crippen molar-refractivity contribution in [2.24, 2.45) is 0 Å². The molecule has 3 aromatic heterocycles. The molecule has 7 nitrogen and oxygen atoms in total. The van der Waals surface area contributed by atoms with Crippen LogP contribution in [0.3, 0.4) is 0 Å². The predicted octanol–water partition coefficient (Wildman–Crippen LogP) is 3.69. The second kappa shape index (κ2) is 6.63. The van der Waals surface area contributed by atoms with Crippen molar-refractivity contribution in [2.45, 2.75) is 25.4 Å². The zero-order valence-corrected chi connectivity index (χ0v) is 15.3. The van der Waals surface area contributed by atoms with Gasteiger partial charge in [-0.3, -0.25) is 9.08 Å². The molecule has 1 N–H and O–H groups in total. The van der Waals surface area contributed by atoms with Crippen LogP contribution in [0.25, 0.3) is 16.8 Å². The number of rotatable bonds is 6. The lowest BCUT2D eigenvalue weighted by Crippen LogP contribution is -2.07. The highest BCUT2D eigenvalue weighted by Gasteiger charge is 2.24. The summed E-state index contributed by atoms with van der Waals surface area (Å²) >= 11 is 0. The smallest absolute Gasteiger partial charge is 0.170 e. The first kappa shape index (κ1) is 16.7. The number of nitrogens with one attached hydrogen (secondary N) is 1. The van der Waals surface area contributed by atoms with Crippen LogP contribution in [0.4, 0.5) is 10.2 Å². The van der Waals surface area contributed by atoms with E-state index in [0.29, 0.717) is 17.4 Å². The zero-order chi connectivity index (χ0) is 19.1. The van der Waals surface area contributed by atoms with Gasteiger partial charge < -0.3 is 10.1 Å². The number of nitrogens with zero attached hydrogens (tertiary/aromatic N) is 5. The fourth-order valence-corrected chi connectivity index (χ4v) is 3.38. The molecule has 0 amide bonds. The van der Waals surface area contributed by atoms with E-state index in [1.54, 1.807) is 18.5 Å². The van der Waals surface area contributed by atoms with Gasteiger partial charge in [0.25, 0.3) is 0 Å². The van der Waals surface area contributed by atoms with Gasteiger partial charge in [0.2, 0.25) is 0 Å². The first-order chi connectivity index (χ1) is 13.7. The fraction of sp³-hybridized carbons (Fsp3) is 0.250. The van der Waals surface area contributed by atoms with Crippen molar-refractivity contribution in [1.29, 1.82) is 0 Å². The minimum Gasteiger partial charge on any atom is -0.496 e. The van der Waals surface area contributed by atoms with E-state index in [1.165, 1.54) is 26.0 Å². The molecular formula is C20H19FN6O. The van der Waals surface area contributed by atoms with Gasteiger partial charge >= 0.3 is 0 Å². The Balaban J connectivity index is 1.46. The van der Waals surface area contributed by atoms with Crippen molar-refractivity contribution in [2.75, 3.05) is 12.4 Å². The van der Waals surface area contributed by atoms with Gasteiger partial charge in [-0.25, -0.2) is 4.39 Å². The number of hydrogen-bond acceptors (Lipinski definition) is 5. The molecule has 0 saturated heterocycles. The van der Waals surface area contributed by atoms with Crippen LogP contribution in [0.1, 0.15) is 24.4 Å². The number of fused-ring (bicyclic) bond motifs is 1. The summed E-state index contributed by atoms with van der Waals surface area (Å²) in [6, 6.07) is 9.25. The van der Waals surface area contributed by atoms with Gasteiger partial charge in [0, 0.05) is 29.4 Å². The molecule has 0 spiro atoms. The second-order valence-electron chi connectivity index (χ2n) is 6.87. The van der Waals surface area contributed by atoms with E-state index in [0.717, 1.165) is 22.6 Å². The Bertz CT molecular complexity index is 1150. The Labute approximate surface area is 160 Å². The maximum Gasteiger partial charge on any atom is 0.170 e. The van der Waals surface area contributed by atoms with Crippen molar-refractivity contribution in [3.63, 3.8) is 0 Å². The van der Waals surface area contributed by atoms with Crippen LogP contribution < -0.4 is 10.1 Å². The van der Waals surface area contributed by atoms with E-state index >= 15 is 0 Å². The molecule has 28 heavy (non-hydrogen) atoms. The molecule has 0 unspecified atom stereocenters. The molecule has 1 saturated carbocycles. The lowest BCUT2D eigenvalue weighted by atomic mass is 10.1. The maximum atomic E-state index is 14.2. The molecule has 8 heteroatoms. The molecule has 0 bridgehead atoms. The Morgan fingerprint density at radius 3 is 2.96 bits per heavy atom. The van der Waals surface area contributed by atoms with Crippen LogP contribution in [0, 0.1) is 5.82 Å². The first-order valence-electron chi connectivity index (χ1n) is 9.17. The van der Waals surface area contributed by atoms with Gasteiger partial charge in [-0.1, -0.05) is 6.07 Å². The van der Waals surface area contributed by atoms with Crippen LogP contribution >= 0.6 is 0 Å². The summed E-state index contributed by atoms with van der Waals surface area (Å²) in [5.74, 6) is 0.969. The lowest BCUT2D eigenvalue weighted by Gasteiger charge is -2.13. The minimum absolute atomic E-state index is 0.280. The van der Waals surface area contributed by atoms with E-state index in [4.69, 9.17) is 4.74 Å². The second-order valence-corrected chi connectivity index (χ2v) is 6.87. The molecule has 1 aliphatic rings. The van der Waals surface area contributed by atoms with Crippen molar-refractivity contribution >= 4 is 11.5 Å². The molecule has 0 aliphatic heterocycles. The topological polar surface area (TPSA) is 69.3 Å². The summed E-state index contributed by atoms with van der Waals surface area (Å²) in [7, 11) is 1.53. The van der Waals surface area contributed by atoms with Crippen LogP contribution in [0.15, 0.2) is 49.1 Å². The average molecular weight is 378 g/mol. The molecular weight excluding hydrogens is 359 g/mol. The van der Waals surface area contributed by atoms with E-state index in [2.05, 4.69) is 26.8 Å². The summed E-state index contributed by atoms with van der Waals surface area (Å²) in [6.45, 7) is 0.280. The largest absolute Gasteiger partial charge is 0.496 e. The highest BCUT2D eigenvalue weighted by molar-refractivity contribution is 5.78. The summed E-state index contributed by atoms with van der Waals surface area (Å²) in [6.07, 6.45) is 7.93. The molecule has 1 aromatic carbocycles. The third kappa shape index (κ3) is 2.87. The van der Waals surface area contributed by atoms with Gasteiger partial charge in [0.15, 0.2) is 5.65 Å². The highest BCUT2D eigenvalue weighted by Crippen LogP contribution is 2.36. The molecule has 5 rings (SSSR count).